The summed E-state index contributed by atoms with van der Waals surface area (Å²) >= 11 is 0. The summed E-state index contributed by atoms with van der Waals surface area (Å²) in [6.45, 7) is 1.29. The first kappa shape index (κ1) is 15.2. The Labute approximate surface area is 139 Å². The summed E-state index contributed by atoms with van der Waals surface area (Å²) in [7, 11) is 0. The number of benzene rings is 1. The first-order chi connectivity index (χ1) is 11.8. The van der Waals surface area contributed by atoms with Crippen LogP contribution in [-0.2, 0) is 4.74 Å². The van der Waals surface area contributed by atoms with Gasteiger partial charge < -0.3 is 14.7 Å². The molecular formula is C16H19N5O3. The van der Waals surface area contributed by atoms with Crippen molar-refractivity contribution in [3.63, 3.8) is 0 Å². The normalized spacial score (nSPS) is 26.4. The van der Waals surface area contributed by atoms with Crippen LogP contribution in [0.5, 0.6) is 0 Å². The van der Waals surface area contributed by atoms with Gasteiger partial charge in [0.1, 0.15) is 6.33 Å². The van der Waals surface area contributed by atoms with E-state index in [0.29, 0.717) is 18.7 Å². The van der Waals surface area contributed by atoms with Crippen molar-refractivity contribution in [2.75, 3.05) is 19.8 Å². The number of nitrogens with zero attached hydrogens (tertiary/aromatic N) is 5. The summed E-state index contributed by atoms with van der Waals surface area (Å²) in [5, 5.41) is 20.4. The van der Waals surface area contributed by atoms with Crippen molar-refractivity contribution >= 4 is 5.91 Å². The minimum Gasteiger partial charge on any atom is -0.396 e. The summed E-state index contributed by atoms with van der Waals surface area (Å²) in [4.78, 5) is 14.8. The Morgan fingerprint density at radius 1 is 1.29 bits per heavy atom. The van der Waals surface area contributed by atoms with Gasteiger partial charge >= 0.3 is 0 Å². The molecule has 0 unspecified atom stereocenters. The number of aliphatic hydroxyl groups is 1. The van der Waals surface area contributed by atoms with E-state index in [4.69, 9.17) is 4.74 Å². The molecule has 1 saturated heterocycles. The lowest BCUT2D eigenvalue weighted by atomic mass is 10.1. The third-order valence-corrected chi connectivity index (χ3v) is 4.88. The fourth-order valence-electron chi connectivity index (χ4n) is 3.65. The lowest BCUT2D eigenvalue weighted by Crippen LogP contribution is -2.51. The highest BCUT2D eigenvalue weighted by Gasteiger charge is 2.42. The van der Waals surface area contributed by atoms with Crippen LogP contribution in [0.2, 0.25) is 0 Å². The summed E-state index contributed by atoms with van der Waals surface area (Å²) in [5.41, 5.74) is 1.44. The first-order valence-electron chi connectivity index (χ1n) is 8.13. The molecular weight excluding hydrogens is 310 g/mol. The molecule has 8 nitrogen and oxygen atoms in total. The maximum atomic E-state index is 12.9. The van der Waals surface area contributed by atoms with Crippen LogP contribution in [0.25, 0.3) is 5.69 Å². The van der Waals surface area contributed by atoms with Crippen LogP contribution in [0.3, 0.4) is 0 Å². The largest absolute Gasteiger partial charge is 0.396 e. The molecule has 0 spiro atoms. The molecule has 1 N–H and O–H groups in total. The summed E-state index contributed by atoms with van der Waals surface area (Å²) < 4.78 is 7.33. The van der Waals surface area contributed by atoms with Crippen LogP contribution in [0.15, 0.2) is 30.6 Å². The van der Waals surface area contributed by atoms with Gasteiger partial charge in [0.15, 0.2) is 0 Å². The highest BCUT2D eigenvalue weighted by Crippen LogP contribution is 2.34. The Balaban J connectivity index is 1.52. The number of rotatable bonds is 3. The molecule has 1 amide bonds. The van der Waals surface area contributed by atoms with Crippen molar-refractivity contribution < 1.29 is 14.6 Å². The number of hydrogen-bond acceptors (Lipinski definition) is 6. The Kier molecular flexibility index (Phi) is 3.99. The molecule has 2 heterocycles. The number of fused-ring (bicyclic) bond motifs is 1. The number of hydrogen-bond donors (Lipinski definition) is 1. The lowest BCUT2D eigenvalue weighted by molar-refractivity contribution is -0.0448. The molecule has 8 heteroatoms. The first-order valence-corrected chi connectivity index (χ1v) is 8.13. The van der Waals surface area contributed by atoms with E-state index in [2.05, 4.69) is 15.5 Å². The number of tetrazole rings is 1. The Hall–Kier alpha value is -2.32. The highest BCUT2D eigenvalue weighted by atomic mass is 16.5. The summed E-state index contributed by atoms with van der Waals surface area (Å²) in [6, 6.07) is 7.30. The van der Waals surface area contributed by atoms with E-state index >= 15 is 0 Å². The number of aromatic nitrogens is 4. The van der Waals surface area contributed by atoms with E-state index in [1.807, 2.05) is 17.0 Å². The van der Waals surface area contributed by atoms with Gasteiger partial charge in [-0.25, -0.2) is 4.68 Å². The molecule has 2 aromatic rings. The quantitative estimate of drug-likeness (QED) is 0.869. The molecule has 2 aliphatic rings. The van der Waals surface area contributed by atoms with E-state index in [9.17, 15) is 9.90 Å². The fraction of sp³-hybridized carbons (Fsp3) is 0.500. The average molecular weight is 329 g/mol. The SMILES string of the molecule is O=C(c1ccc(-n2cnnn2)cc1)N1CCO[C@H]2C[C@H](CO)C[C@@H]21. The molecule has 0 radical (unpaired) electrons. The van der Waals surface area contributed by atoms with Crippen molar-refractivity contribution in [1.29, 1.82) is 0 Å². The van der Waals surface area contributed by atoms with Gasteiger partial charge in [-0.05, 0) is 53.5 Å². The third-order valence-electron chi connectivity index (χ3n) is 4.88. The van der Waals surface area contributed by atoms with Crippen LogP contribution in [0, 0.1) is 5.92 Å². The van der Waals surface area contributed by atoms with Gasteiger partial charge in [0, 0.05) is 18.7 Å². The number of morpholine rings is 1. The molecule has 1 aromatic carbocycles. The highest BCUT2D eigenvalue weighted by molar-refractivity contribution is 5.94. The van der Waals surface area contributed by atoms with Crippen LogP contribution in [0.1, 0.15) is 23.2 Å². The summed E-state index contributed by atoms with van der Waals surface area (Å²) in [5.74, 6) is 0.228. The van der Waals surface area contributed by atoms with Gasteiger partial charge in [0.25, 0.3) is 5.91 Å². The standard InChI is InChI=1S/C16H19N5O3/c22-9-11-7-14-15(8-11)24-6-5-20(14)16(23)12-1-3-13(4-2-12)21-10-17-18-19-21/h1-4,10-11,14-15,22H,5-9H2/t11-,14+,15+/m1/s1. The van der Waals surface area contributed by atoms with E-state index in [1.165, 1.54) is 6.33 Å². The molecule has 1 aromatic heterocycles. The number of ether oxygens (including phenoxy) is 1. The van der Waals surface area contributed by atoms with Crippen LogP contribution >= 0.6 is 0 Å². The van der Waals surface area contributed by atoms with Crippen molar-refractivity contribution in [1.82, 2.24) is 25.1 Å². The van der Waals surface area contributed by atoms with Gasteiger partial charge in [-0.1, -0.05) is 0 Å². The number of aliphatic hydroxyl groups excluding tert-OH is 1. The molecule has 1 aliphatic heterocycles. The van der Waals surface area contributed by atoms with Gasteiger partial charge in [0.2, 0.25) is 0 Å². The minimum atomic E-state index is 0.00940. The van der Waals surface area contributed by atoms with E-state index in [0.717, 1.165) is 18.5 Å². The van der Waals surface area contributed by atoms with E-state index in [-0.39, 0.29) is 30.6 Å². The van der Waals surface area contributed by atoms with Gasteiger partial charge in [0.05, 0.1) is 24.4 Å². The number of carbonyl (C=O) groups excluding carboxylic acids is 1. The maximum Gasteiger partial charge on any atom is 0.254 e. The van der Waals surface area contributed by atoms with Crippen molar-refractivity contribution in [2.45, 2.75) is 25.0 Å². The smallest absolute Gasteiger partial charge is 0.254 e. The number of amides is 1. The molecule has 2 fully saturated rings. The zero-order valence-electron chi connectivity index (χ0n) is 13.2. The van der Waals surface area contributed by atoms with Crippen molar-refractivity contribution in [3.05, 3.63) is 36.2 Å². The monoisotopic (exact) mass is 329 g/mol. The second-order valence-electron chi connectivity index (χ2n) is 6.30. The summed E-state index contributed by atoms with van der Waals surface area (Å²) in [6.07, 6.45) is 3.18. The Bertz CT molecular complexity index is 703. The van der Waals surface area contributed by atoms with Crippen LogP contribution < -0.4 is 0 Å². The van der Waals surface area contributed by atoms with Crippen molar-refractivity contribution in [2.24, 2.45) is 5.92 Å². The average Bonchev–Trinajstić information content (AvgIpc) is 3.30. The predicted molar refractivity (Wildman–Crippen MR) is 83.5 cm³/mol. The number of carbonyl (C=O) groups is 1. The van der Waals surface area contributed by atoms with E-state index in [1.54, 1.807) is 16.8 Å². The Morgan fingerprint density at radius 3 is 2.83 bits per heavy atom. The molecule has 1 aliphatic carbocycles. The lowest BCUT2D eigenvalue weighted by Gasteiger charge is -2.37. The molecule has 0 bridgehead atoms. The van der Waals surface area contributed by atoms with Crippen LogP contribution in [0.4, 0.5) is 0 Å². The molecule has 24 heavy (non-hydrogen) atoms. The second kappa shape index (κ2) is 6.29. The van der Waals surface area contributed by atoms with Gasteiger partial charge in [-0.3, -0.25) is 4.79 Å². The fourth-order valence-corrected chi connectivity index (χ4v) is 3.65. The Morgan fingerprint density at radius 2 is 2.12 bits per heavy atom. The minimum absolute atomic E-state index is 0.00940. The van der Waals surface area contributed by atoms with Gasteiger partial charge in [-0.2, -0.15) is 0 Å². The van der Waals surface area contributed by atoms with Gasteiger partial charge in [-0.15, -0.1) is 5.10 Å². The molecule has 3 atom stereocenters. The second-order valence-corrected chi connectivity index (χ2v) is 6.30. The molecule has 126 valence electrons. The topological polar surface area (TPSA) is 93.4 Å². The predicted octanol–water partition coefficient (Wildman–Crippen LogP) is 0.274. The maximum absolute atomic E-state index is 12.9. The van der Waals surface area contributed by atoms with Crippen LogP contribution in [-0.4, -0.2) is 68.0 Å². The molecule has 4 rings (SSSR count). The zero-order valence-corrected chi connectivity index (χ0v) is 13.2. The van der Waals surface area contributed by atoms with Crippen molar-refractivity contribution in [3.8, 4) is 5.69 Å². The third kappa shape index (κ3) is 2.67. The van der Waals surface area contributed by atoms with E-state index < -0.39 is 0 Å². The zero-order chi connectivity index (χ0) is 16.5. The molecule has 1 saturated carbocycles.